The molecular weight excluding hydrogens is 362 g/mol. The molecule has 0 amide bonds. The molecule has 0 N–H and O–H groups in total. The van der Waals surface area contributed by atoms with E-state index >= 15 is 0 Å². The van der Waals surface area contributed by atoms with Crippen molar-refractivity contribution < 1.29 is 0 Å². The molecule has 30 heavy (non-hydrogen) atoms. The molecule has 0 unspecified atom stereocenters. The molecule has 0 aliphatic heterocycles. The Hall–Kier alpha value is -3.45. The predicted molar refractivity (Wildman–Crippen MR) is 131 cm³/mol. The van der Waals surface area contributed by atoms with Gasteiger partial charge in [0.05, 0.1) is 0 Å². The molecule has 0 atom stereocenters. The van der Waals surface area contributed by atoms with Crippen molar-refractivity contribution in [3.05, 3.63) is 102 Å². The summed E-state index contributed by atoms with van der Waals surface area (Å²) in [5.41, 5.74) is 2.55. The maximum atomic E-state index is 4.40. The minimum atomic E-state index is 1.07. The van der Waals surface area contributed by atoms with Gasteiger partial charge in [0.25, 0.3) is 0 Å². The van der Waals surface area contributed by atoms with E-state index in [2.05, 4.69) is 97.7 Å². The zero-order valence-electron chi connectivity index (χ0n) is 17.5. The van der Waals surface area contributed by atoms with Crippen molar-refractivity contribution in [1.29, 1.82) is 0 Å². The van der Waals surface area contributed by atoms with Gasteiger partial charge in [-0.05, 0) is 62.7 Å². The number of benzene rings is 5. The highest BCUT2D eigenvalue weighted by Crippen LogP contribution is 2.35. The van der Waals surface area contributed by atoms with Crippen LogP contribution < -0.4 is 0 Å². The van der Waals surface area contributed by atoms with Crippen LogP contribution in [0.4, 0.5) is 0 Å². The fourth-order valence-corrected chi connectivity index (χ4v) is 4.40. The number of nitrogens with zero attached hydrogens (tertiary/aromatic N) is 1. The average molecular weight is 388 g/mol. The molecule has 0 aliphatic carbocycles. The Kier molecular flexibility index (Phi) is 4.80. The molecule has 0 radical (unpaired) electrons. The van der Waals surface area contributed by atoms with Gasteiger partial charge < -0.3 is 0 Å². The van der Waals surface area contributed by atoms with Crippen molar-refractivity contribution in [3.8, 4) is 0 Å². The molecule has 1 nitrogen and oxygen atoms in total. The van der Waals surface area contributed by atoms with Crippen molar-refractivity contribution in [3.63, 3.8) is 0 Å². The summed E-state index contributed by atoms with van der Waals surface area (Å²) in [4.78, 5) is 4.40. The van der Waals surface area contributed by atoms with E-state index in [1.54, 1.807) is 0 Å². The van der Waals surface area contributed by atoms with E-state index in [4.69, 9.17) is 0 Å². The summed E-state index contributed by atoms with van der Waals surface area (Å²) in [5.74, 6) is 0. The Bertz CT molecular complexity index is 1450. The highest BCUT2D eigenvalue weighted by Gasteiger charge is 2.08. The highest BCUT2D eigenvalue weighted by atomic mass is 14.7. The lowest BCUT2D eigenvalue weighted by Crippen LogP contribution is -1.87. The summed E-state index contributed by atoms with van der Waals surface area (Å²) in [6.45, 7) is 4.36. The molecule has 1 heteroatoms. The van der Waals surface area contributed by atoms with Crippen molar-refractivity contribution in [2.45, 2.75) is 26.7 Å². The standard InChI is InChI=1S/C17H12.C12H13N/c1-11-5-6-14-8-7-12-3-2-4-13-9-10-15(11)17(14)16(12)13;1-2-5-12-8-10-6-3-4-7-11(10)9-13-12/h2-10H,1H3;3-4,6-9H,2,5H2,1H3. The van der Waals surface area contributed by atoms with Crippen LogP contribution in [0.2, 0.25) is 0 Å². The van der Waals surface area contributed by atoms with Crippen LogP contribution in [0.25, 0.3) is 43.1 Å². The van der Waals surface area contributed by atoms with Gasteiger partial charge in [-0.2, -0.15) is 0 Å². The van der Waals surface area contributed by atoms with Gasteiger partial charge in [-0.15, -0.1) is 0 Å². The van der Waals surface area contributed by atoms with Crippen LogP contribution in [0.1, 0.15) is 24.6 Å². The normalized spacial score (nSPS) is 11.3. The van der Waals surface area contributed by atoms with Gasteiger partial charge in [0.2, 0.25) is 0 Å². The van der Waals surface area contributed by atoms with Gasteiger partial charge in [-0.25, -0.2) is 0 Å². The number of hydrogen-bond donors (Lipinski definition) is 0. The molecular formula is C29H25N. The highest BCUT2D eigenvalue weighted by molar-refractivity contribution is 6.23. The number of pyridine rings is 1. The lowest BCUT2D eigenvalue weighted by atomic mass is 9.92. The van der Waals surface area contributed by atoms with Crippen LogP contribution in [-0.2, 0) is 6.42 Å². The van der Waals surface area contributed by atoms with Gasteiger partial charge >= 0.3 is 0 Å². The number of rotatable bonds is 2. The zero-order chi connectivity index (χ0) is 20.5. The average Bonchev–Trinajstić information content (AvgIpc) is 2.79. The molecule has 6 rings (SSSR count). The molecule has 0 saturated carbocycles. The van der Waals surface area contributed by atoms with Crippen molar-refractivity contribution in [2.24, 2.45) is 0 Å². The molecule has 5 aromatic carbocycles. The van der Waals surface area contributed by atoms with E-state index in [0.717, 1.165) is 12.8 Å². The molecule has 0 saturated heterocycles. The van der Waals surface area contributed by atoms with Gasteiger partial charge in [0, 0.05) is 17.3 Å². The second kappa shape index (κ2) is 7.76. The summed E-state index contributed by atoms with van der Waals surface area (Å²) in [6.07, 6.45) is 4.19. The van der Waals surface area contributed by atoms with E-state index in [1.807, 2.05) is 12.3 Å². The second-order valence-electron chi connectivity index (χ2n) is 8.01. The third kappa shape index (κ3) is 3.27. The number of aromatic nitrogens is 1. The summed E-state index contributed by atoms with van der Waals surface area (Å²) >= 11 is 0. The third-order valence-electron chi connectivity index (χ3n) is 5.94. The molecule has 0 spiro atoms. The summed E-state index contributed by atoms with van der Waals surface area (Å²) in [6, 6.07) is 30.4. The third-order valence-corrected chi connectivity index (χ3v) is 5.94. The molecule has 146 valence electrons. The molecule has 1 heterocycles. The van der Waals surface area contributed by atoms with Crippen LogP contribution in [0.5, 0.6) is 0 Å². The van der Waals surface area contributed by atoms with Crippen LogP contribution in [-0.4, -0.2) is 4.98 Å². The Morgan fingerprint density at radius 2 is 1.27 bits per heavy atom. The molecule has 1 aromatic heterocycles. The lowest BCUT2D eigenvalue weighted by molar-refractivity contribution is 0.886. The first-order valence-electron chi connectivity index (χ1n) is 10.7. The first kappa shape index (κ1) is 18.6. The summed E-state index contributed by atoms with van der Waals surface area (Å²) in [5, 5.41) is 10.7. The number of aryl methyl sites for hydroxylation is 2. The number of hydrogen-bond acceptors (Lipinski definition) is 1. The Morgan fingerprint density at radius 3 is 2.03 bits per heavy atom. The SMILES string of the molecule is CCCc1cc2ccccc2cn1.Cc1ccc2ccc3cccc4ccc1c2c34. The van der Waals surface area contributed by atoms with Gasteiger partial charge in [-0.1, -0.05) is 92.2 Å². The fourth-order valence-electron chi connectivity index (χ4n) is 4.40. The summed E-state index contributed by atoms with van der Waals surface area (Å²) < 4.78 is 0. The van der Waals surface area contributed by atoms with Crippen molar-refractivity contribution in [1.82, 2.24) is 4.98 Å². The van der Waals surface area contributed by atoms with Crippen LogP contribution in [0.3, 0.4) is 0 Å². The second-order valence-corrected chi connectivity index (χ2v) is 8.01. The Balaban J connectivity index is 0.000000134. The van der Waals surface area contributed by atoms with E-state index in [-0.39, 0.29) is 0 Å². The minimum absolute atomic E-state index is 1.07. The fraction of sp³-hybridized carbons (Fsp3) is 0.138. The van der Waals surface area contributed by atoms with Crippen LogP contribution in [0, 0.1) is 6.92 Å². The van der Waals surface area contributed by atoms with Crippen molar-refractivity contribution in [2.75, 3.05) is 0 Å². The Morgan fingerprint density at radius 1 is 0.633 bits per heavy atom. The largest absolute Gasteiger partial charge is 0.261 e. The monoisotopic (exact) mass is 387 g/mol. The molecule has 0 bridgehead atoms. The van der Waals surface area contributed by atoms with Gasteiger partial charge in [-0.3, -0.25) is 4.98 Å². The maximum Gasteiger partial charge on any atom is 0.0409 e. The van der Waals surface area contributed by atoms with E-state index in [1.165, 1.54) is 54.3 Å². The predicted octanol–water partition coefficient (Wildman–Crippen LogP) is 8.08. The van der Waals surface area contributed by atoms with E-state index < -0.39 is 0 Å². The van der Waals surface area contributed by atoms with Crippen LogP contribution >= 0.6 is 0 Å². The van der Waals surface area contributed by atoms with E-state index in [0.29, 0.717) is 0 Å². The molecule has 0 aliphatic rings. The molecule has 6 aromatic rings. The quantitative estimate of drug-likeness (QED) is 0.274. The topological polar surface area (TPSA) is 12.9 Å². The first-order valence-corrected chi connectivity index (χ1v) is 10.7. The van der Waals surface area contributed by atoms with Gasteiger partial charge in [0.15, 0.2) is 0 Å². The minimum Gasteiger partial charge on any atom is -0.261 e. The van der Waals surface area contributed by atoms with Gasteiger partial charge in [0.1, 0.15) is 0 Å². The first-order chi connectivity index (χ1) is 14.7. The maximum absolute atomic E-state index is 4.40. The van der Waals surface area contributed by atoms with Crippen molar-refractivity contribution >= 4 is 43.1 Å². The zero-order valence-corrected chi connectivity index (χ0v) is 17.5. The number of fused-ring (bicyclic) bond motifs is 1. The summed E-state index contributed by atoms with van der Waals surface area (Å²) in [7, 11) is 0. The lowest BCUT2D eigenvalue weighted by Gasteiger charge is -2.11. The Labute approximate surface area is 177 Å². The van der Waals surface area contributed by atoms with Crippen LogP contribution in [0.15, 0.2) is 91.1 Å². The van der Waals surface area contributed by atoms with E-state index in [9.17, 15) is 0 Å². The smallest absolute Gasteiger partial charge is 0.0409 e. The molecule has 0 fully saturated rings.